The Kier molecular flexibility index (Phi) is 3.53. The van der Waals surface area contributed by atoms with Crippen LogP contribution in [0.15, 0.2) is 42.5 Å². The van der Waals surface area contributed by atoms with E-state index in [1.165, 1.54) is 7.11 Å². The fraction of sp³-hybridized carbons (Fsp3) is 0.0667. The number of hydrogen-bond acceptors (Lipinski definition) is 3. The summed E-state index contributed by atoms with van der Waals surface area (Å²) >= 11 is 0. The monoisotopic (exact) mass is 240 g/mol. The van der Waals surface area contributed by atoms with E-state index in [1.54, 1.807) is 36.4 Å². The molecule has 0 atom stereocenters. The van der Waals surface area contributed by atoms with Gasteiger partial charge in [-0.25, -0.2) is 0 Å². The molecule has 2 aromatic rings. The Hall–Kier alpha value is -2.42. The van der Waals surface area contributed by atoms with Crippen LogP contribution in [0, 0.1) is 0 Å². The molecule has 0 radical (unpaired) electrons. The summed E-state index contributed by atoms with van der Waals surface area (Å²) in [6, 6.07) is 12.3. The maximum absolute atomic E-state index is 11.1. The third kappa shape index (κ3) is 2.02. The lowest BCUT2D eigenvalue weighted by Crippen LogP contribution is -1.96. The van der Waals surface area contributed by atoms with Crippen molar-refractivity contribution >= 4 is 12.6 Å². The molecule has 0 N–H and O–H groups in total. The maximum Gasteiger partial charge on any atom is 0.150 e. The predicted octanol–water partition coefficient (Wildman–Crippen LogP) is 2.99. The third-order valence-electron chi connectivity index (χ3n) is 2.76. The van der Waals surface area contributed by atoms with E-state index in [0.717, 1.165) is 12.6 Å². The van der Waals surface area contributed by atoms with Crippen molar-refractivity contribution in [3.63, 3.8) is 0 Å². The molecule has 2 aromatic carbocycles. The highest BCUT2D eigenvalue weighted by molar-refractivity contribution is 5.96. The largest absolute Gasteiger partial charge is 0.496 e. The molecule has 90 valence electrons. The number of benzene rings is 2. The molecule has 2 rings (SSSR count). The molecule has 0 amide bonds. The van der Waals surface area contributed by atoms with Crippen LogP contribution in [0.3, 0.4) is 0 Å². The quantitative estimate of drug-likeness (QED) is 0.771. The Labute approximate surface area is 105 Å². The van der Waals surface area contributed by atoms with Gasteiger partial charge in [-0.05, 0) is 11.6 Å². The third-order valence-corrected chi connectivity index (χ3v) is 2.76. The second-order valence-electron chi connectivity index (χ2n) is 3.75. The minimum atomic E-state index is 0.503. The lowest BCUT2D eigenvalue weighted by atomic mass is 9.95. The molecule has 0 aliphatic heterocycles. The Morgan fingerprint density at radius 2 is 1.56 bits per heavy atom. The van der Waals surface area contributed by atoms with Crippen molar-refractivity contribution in [1.82, 2.24) is 0 Å². The number of hydrogen-bond donors (Lipinski definition) is 0. The fourth-order valence-electron chi connectivity index (χ4n) is 1.93. The van der Waals surface area contributed by atoms with E-state index in [4.69, 9.17) is 4.74 Å². The SMILES string of the molecule is COc1cccc(C=O)c1-c1ccccc1C=O. The summed E-state index contributed by atoms with van der Waals surface area (Å²) in [5.74, 6) is 0.578. The topological polar surface area (TPSA) is 43.4 Å². The molecule has 3 heteroatoms. The molecule has 0 heterocycles. The average molecular weight is 240 g/mol. The fourth-order valence-corrected chi connectivity index (χ4v) is 1.93. The van der Waals surface area contributed by atoms with E-state index in [1.807, 2.05) is 6.07 Å². The van der Waals surface area contributed by atoms with Crippen molar-refractivity contribution in [2.24, 2.45) is 0 Å². The van der Waals surface area contributed by atoms with Crippen molar-refractivity contribution in [2.75, 3.05) is 7.11 Å². The number of methoxy groups -OCH3 is 1. The second-order valence-corrected chi connectivity index (χ2v) is 3.75. The van der Waals surface area contributed by atoms with Crippen LogP contribution in [-0.2, 0) is 0 Å². The first-order valence-electron chi connectivity index (χ1n) is 5.48. The van der Waals surface area contributed by atoms with Gasteiger partial charge in [0.25, 0.3) is 0 Å². The van der Waals surface area contributed by atoms with E-state index >= 15 is 0 Å². The average Bonchev–Trinajstić information content (AvgIpc) is 2.46. The van der Waals surface area contributed by atoms with Gasteiger partial charge in [0.15, 0.2) is 12.6 Å². The molecule has 0 fully saturated rings. The van der Waals surface area contributed by atoms with E-state index in [-0.39, 0.29) is 0 Å². The zero-order valence-electron chi connectivity index (χ0n) is 9.92. The Morgan fingerprint density at radius 1 is 0.889 bits per heavy atom. The van der Waals surface area contributed by atoms with Crippen molar-refractivity contribution in [3.05, 3.63) is 53.6 Å². The minimum Gasteiger partial charge on any atom is -0.496 e. The van der Waals surface area contributed by atoms with Gasteiger partial charge in [0.1, 0.15) is 5.75 Å². The first-order chi connectivity index (χ1) is 8.81. The lowest BCUT2D eigenvalue weighted by molar-refractivity contribution is 0.111. The van der Waals surface area contributed by atoms with Gasteiger partial charge in [0, 0.05) is 16.7 Å². The molecule has 0 spiro atoms. The highest BCUT2D eigenvalue weighted by Gasteiger charge is 2.13. The van der Waals surface area contributed by atoms with Crippen LogP contribution in [0.4, 0.5) is 0 Å². The molecule has 0 aliphatic rings. The summed E-state index contributed by atoms with van der Waals surface area (Å²) in [6.07, 6.45) is 1.54. The van der Waals surface area contributed by atoms with Gasteiger partial charge in [0.2, 0.25) is 0 Å². The van der Waals surface area contributed by atoms with Crippen LogP contribution in [0.5, 0.6) is 5.75 Å². The number of carbonyl (C=O) groups is 2. The number of carbonyl (C=O) groups excluding carboxylic acids is 2. The Bertz CT molecular complexity index is 588. The summed E-state index contributed by atoms with van der Waals surface area (Å²) in [7, 11) is 1.54. The Balaban J connectivity index is 2.76. The van der Waals surface area contributed by atoms with E-state index in [2.05, 4.69) is 0 Å². The summed E-state index contributed by atoms with van der Waals surface area (Å²) in [5.41, 5.74) is 2.39. The van der Waals surface area contributed by atoms with Crippen LogP contribution in [0.25, 0.3) is 11.1 Å². The van der Waals surface area contributed by atoms with Gasteiger partial charge in [-0.2, -0.15) is 0 Å². The van der Waals surface area contributed by atoms with Crippen molar-refractivity contribution in [2.45, 2.75) is 0 Å². The van der Waals surface area contributed by atoms with Crippen molar-refractivity contribution < 1.29 is 14.3 Å². The van der Waals surface area contributed by atoms with Gasteiger partial charge in [-0.3, -0.25) is 9.59 Å². The van der Waals surface area contributed by atoms with E-state index < -0.39 is 0 Å². The standard InChI is InChI=1S/C15H12O3/c1-18-14-8-4-6-12(10-17)15(14)13-7-3-2-5-11(13)9-16/h2-10H,1H3. The summed E-state index contributed by atoms with van der Waals surface area (Å²) in [5, 5.41) is 0. The molecule has 3 nitrogen and oxygen atoms in total. The summed E-state index contributed by atoms with van der Waals surface area (Å²) in [6.45, 7) is 0. The molecule has 0 saturated heterocycles. The van der Waals surface area contributed by atoms with E-state index in [0.29, 0.717) is 28.0 Å². The summed E-state index contributed by atoms with van der Waals surface area (Å²) < 4.78 is 5.27. The van der Waals surface area contributed by atoms with Crippen LogP contribution in [-0.4, -0.2) is 19.7 Å². The zero-order valence-corrected chi connectivity index (χ0v) is 9.92. The summed E-state index contributed by atoms with van der Waals surface area (Å²) in [4.78, 5) is 22.2. The Morgan fingerprint density at radius 3 is 2.22 bits per heavy atom. The number of aldehydes is 2. The van der Waals surface area contributed by atoms with Crippen LogP contribution in [0.2, 0.25) is 0 Å². The molecule has 0 aliphatic carbocycles. The van der Waals surface area contributed by atoms with Gasteiger partial charge >= 0.3 is 0 Å². The molecule has 0 bridgehead atoms. The van der Waals surface area contributed by atoms with E-state index in [9.17, 15) is 9.59 Å². The maximum atomic E-state index is 11.1. The second kappa shape index (κ2) is 5.27. The van der Waals surface area contributed by atoms with Gasteiger partial charge in [-0.15, -0.1) is 0 Å². The number of ether oxygens (including phenoxy) is 1. The molecule has 0 aromatic heterocycles. The molecule has 0 unspecified atom stereocenters. The van der Waals surface area contributed by atoms with Gasteiger partial charge in [0.05, 0.1) is 7.11 Å². The smallest absolute Gasteiger partial charge is 0.150 e. The highest BCUT2D eigenvalue weighted by Crippen LogP contribution is 2.34. The predicted molar refractivity (Wildman–Crippen MR) is 69.2 cm³/mol. The molecular formula is C15H12O3. The molecule has 0 saturated carbocycles. The lowest BCUT2D eigenvalue weighted by Gasteiger charge is -2.12. The molecular weight excluding hydrogens is 228 g/mol. The van der Waals surface area contributed by atoms with Crippen LogP contribution < -0.4 is 4.74 Å². The van der Waals surface area contributed by atoms with Gasteiger partial charge in [-0.1, -0.05) is 36.4 Å². The molecule has 18 heavy (non-hydrogen) atoms. The first-order valence-corrected chi connectivity index (χ1v) is 5.48. The highest BCUT2D eigenvalue weighted by atomic mass is 16.5. The zero-order chi connectivity index (χ0) is 13.0. The van der Waals surface area contributed by atoms with Gasteiger partial charge < -0.3 is 4.74 Å². The first kappa shape index (κ1) is 12.0. The van der Waals surface area contributed by atoms with Crippen LogP contribution >= 0.6 is 0 Å². The number of rotatable bonds is 4. The van der Waals surface area contributed by atoms with Crippen LogP contribution in [0.1, 0.15) is 20.7 Å². The van der Waals surface area contributed by atoms with Crippen molar-refractivity contribution in [3.8, 4) is 16.9 Å². The minimum absolute atomic E-state index is 0.503. The normalized spacial score (nSPS) is 9.83. The van der Waals surface area contributed by atoms with Crippen molar-refractivity contribution in [1.29, 1.82) is 0 Å².